The summed E-state index contributed by atoms with van der Waals surface area (Å²) in [7, 11) is 0. The number of carboxylic acids is 1. The normalized spacial score (nSPS) is 19.2. The number of hydrogen-bond acceptors (Lipinski definition) is 5. The van der Waals surface area contributed by atoms with Crippen LogP contribution in [0.15, 0.2) is 36.4 Å². The molecular formula is C23H31ClO5S. The highest BCUT2D eigenvalue weighted by Gasteiger charge is 2.30. The minimum atomic E-state index is -0.730. The van der Waals surface area contributed by atoms with Crippen molar-refractivity contribution in [3.05, 3.63) is 41.4 Å². The van der Waals surface area contributed by atoms with Crippen LogP contribution < -0.4 is 4.74 Å². The highest BCUT2D eigenvalue weighted by molar-refractivity contribution is 8.00. The van der Waals surface area contributed by atoms with Crippen molar-refractivity contribution in [2.45, 2.75) is 62.7 Å². The number of carbonyl (C=O) groups excluding carboxylic acids is 1. The number of hydrogen-bond donors (Lipinski definition) is 2. The lowest BCUT2D eigenvalue weighted by molar-refractivity contribution is -0.137. The van der Waals surface area contributed by atoms with Crippen molar-refractivity contribution in [3.8, 4) is 5.75 Å². The number of thioether (sulfide) groups is 1. The van der Waals surface area contributed by atoms with Crippen LogP contribution in [0.2, 0.25) is 5.02 Å². The van der Waals surface area contributed by atoms with E-state index < -0.39 is 12.1 Å². The first-order valence-corrected chi connectivity index (χ1v) is 12.0. The molecule has 1 aromatic rings. The van der Waals surface area contributed by atoms with Crippen molar-refractivity contribution >= 4 is 35.1 Å². The zero-order valence-electron chi connectivity index (χ0n) is 17.2. The van der Waals surface area contributed by atoms with Crippen LogP contribution in [0.1, 0.15) is 51.4 Å². The molecule has 1 aliphatic carbocycles. The molecule has 0 aliphatic heterocycles. The van der Waals surface area contributed by atoms with Crippen molar-refractivity contribution in [2.75, 3.05) is 12.4 Å². The molecule has 0 fully saturated rings. The number of benzene rings is 1. The maximum atomic E-state index is 12.2. The standard InChI is InChI=1S/C23H31ClO5S/c24-17-8-7-9-19(14-17)29-15-18(25)16-30-22-13-12-21(26)20(22)10-5-3-1-2-4-6-11-23(27)28/h7-9,12-14,18,20,22,25H,1-6,10-11,15-16H2,(H,27,28). The Hall–Kier alpha value is -1.50. The Kier molecular flexibility index (Phi) is 11.3. The van der Waals surface area contributed by atoms with E-state index in [0.717, 1.165) is 44.9 Å². The molecule has 3 atom stereocenters. The molecule has 30 heavy (non-hydrogen) atoms. The van der Waals surface area contributed by atoms with Gasteiger partial charge in [-0.25, -0.2) is 0 Å². The summed E-state index contributed by atoms with van der Waals surface area (Å²) in [5, 5.41) is 19.5. The molecule has 2 N–H and O–H groups in total. The number of carbonyl (C=O) groups is 2. The molecule has 0 saturated carbocycles. The number of allylic oxidation sites excluding steroid dienone is 1. The van der Waals surface area contributed by atoms with Gasteiger partial charge in [0.2, 0.25) is 0 Å². The topological polar surface area (TPSA) is 83.8 Å². The molecule has 5 nitrogen and oxygen atoms in total. The first-order valence-electron chi connectivity index (χ1n) is 10.6. The van der Waals surface area contributed by atoms with E-state index in [1.165, 1.54) is 0 Å². The van der Waals surface area contributed by atoms with Crippen molar-refractivity contribution in [2.24, 2.45) is 5.92 Å². The van der Waals surface area contributed by atoms with Crippen molar-refractivity contribution < 1.29 is 24.5 Å². The van der Waals surface area contributed by atoms with Crippen LogP contribution in [0.5, 0.6) is 5.75 Å². The number of rotatable bonds is 15. The van der Waals surface area contributed by atoms with E-state index in [2.05, 4.69) is 0 Å². The Bertz CT molecular complexity index is 709. The second-order valence-electron chi connectivity index (χ2n) is 7.64. The molecule has 3 unspecified atom stereocenters. The minimum absolute atomic E-state index is 0.0111. The quantitative estimate of drug-likeness (QED) is 0.357. The lowest BCUT2D eigenvalue weighted by Crippen LogP contribution is -2.24. The zero-order chi connectivity index (χ0) is 21.8. The van der Waals surface area contributed by atoms with Gasteiger partial charge in [-0.3, -0.25) is 9.59 Å². The fraction of sp³-hybridized carbons (Fsp3) is 0.565. The second kappa shape index (κ2) is 13.7. The van der Waals surface area contributed by atoms with Crippen LogP contribution in [-0.2, 0) is 9.59 Å². The Labute approximate surface area is 187 Å². The Morgan fingerprint density at radius 2 is 1.90 bits per heavy atom. The highest BCUT2D eigenvalue weighted by Crippen LogP contribution is 2.32. The number of aliphatic carboxylic acids is 1. The third kappa shape index (κ3) is 9.54. The van der Waals surface area contributed by atoms with Gasteiger partial charge >= 0.3 is 5.97 Å². The summed E-state index contributed by atoms with van der Waals surface area (Å²) in [6, 6.07) is 7.08. The van der Waals surface area contributed by atoms with Crippen LogP contribution >= 0.6 is 23.4 Å². The van der Waals surface area contributed by atoms with Gasteiger partial charge in [-0.1, -0.05) is 55.8 Å². The summed E-state index contributed by atoms with van der Waals surface area (Å²) in [6.45, 7) is 0.185. The van der Waals surface area contributed by atoms with Crippen LogP contribution in [-0.4, -0.2) is 45.7 Å². The number of unbranched alkanes of at least 4 members (excludes halogenated alkanes) is 5. The predicted octanol–water partition coefficient (Wildman–Crippen LogP) is 5.14. The smallest absolute Gasteiger partial charge is 0.303 e. The first-order chi connectivity index (χ1) is 14.5. The van der Waals surface area contributed by atoms with Gasteiger partial charge in [0.25, 0.3) is 0 Å². The molecule has 7 heteroatoms. The van der Waals surface area contributed by atoms with Crippen LogP contribution in [0.25, 0.3) is 0 Å². The van der Waals surface area contributed by atoms with Gasteiger partial charge in [0.05, 0.1) is 6.10 Å². The van der Waals surface area contributed by atoms with Gasteiger partial charge in [-0.2, -0.15) is 11.8 Å². The number of halogens is 1. The SMILES string of the molecule is O=C(O)CCCCCCCCC1C(=O)C=CC1SCC(O)COc1cccc(Cl)c1. The number of carboxylic acid groups (broad SMARTS) is 1. The van der Waals surface area contributed by atoms with E-state index in [-0.39, 0.29) is 30.0 Å². The second-order valence-corrected chi connectivity index (χ2v) is 9.29. The Morgan fingerprint density at radius 3 is 2.63 bits per heavy atom. The average Bonchev–Trinajstić information content (AvgIpc) is 3.06. The average molecular weight is 455 g/mol. The lowest BCUT2D eigenvalue weighted by atomic mass is 9.97. The molecule has 1 aromatic carbocycles. The summed E-state index contributed by atoms with van der Waals surface area (Å²) < 4.78 is 5.58. The van der Waals surface area contributed by atoms with E-state index in [9.17, 15) is 14.7 Å². The van der Waals surface area contributed by atoms with Gasteiger partial charge in [-0.05, 0) is 37.1 Å². The molecule has 0 saturated heterocycles. The summed E-state index contributed by atoms with van der Waals surface area (Å²) in [5.41, 5.74) is 0. The van der Waals surface area contributed by atoms with Gasteiger partial charge in [-0.15, -0.1) is 0 Å². The maximum Gasteiger partial charge on any atom is 0.303 e. The highest BCUT2D eigenvalue weighted by atomic mass is 35.5. The van der Waals surface area contributed by atoms with E-state index in [1.807, 2.05) is 6.08 Å². The van der Waals surface area contributed by atoms with E-state index in [1.54, 1.807) is 42.1 Å². The van der Waals surface area contributed by atoms with Gasteiger partial charge in [0.1, 0.15) is 12.4 Å². The molecule has 0 bridgehead atoms. The third-order valence-corrected chi connectivity index (χ3v) is 6.77. The van der Waals surface area contributed by atoms with Gasteiger partial charge in [0.15, 0.2) is 5.78 Å². The van der Waals surface area contributed by atoms with Gasteiger partial charge in [0, 0.05) is 28.4 Å². The molecule has 0 radical (unpaired) electrons. The van der Waals surface area contributed by atoms with E-state index in [4.69, 9.17) is 21.4 Å². The largest absolute Gasteiger partial charge is 0.491 e. The molecule has 2 rings (SSSR count). The third-order valence-electron chi connectivity index (χ3n) is 5.09. The fourth-order valence-electron chi connectivity index (χ4n) is 3.45. The van der Waals surface area contributed by atoms with Gasteiger partial charge < -0.3 is 14.9 Å². The molecular weight excluding hydrogens is 424 g/mol. The van der Waals surface area contributed by atoms with Crippen LogP contribution in [0, 0.1) is 5.92 Å². The molecule has 166 valence electrons. The van der Waals surface area contributed by atoms with Crippen LogP contribution in [0.4, 0.5) is 0 Å². The maximum absolute atomic E-state index is 12.2. The first kappa shape index (κ1) is 24.8. The molecule has 0 aromatic heterocycles. The zero-order valence-corrected chi connectivity index (χ0v) is 18.7. The molecule has 0 heterocycles. The minimum Gasteiger partial charge on any atom is -0.491 e. The molecule has 0 spiro atoms. The monoisotopic (exact) mass is 454 g/mol. The van der Waals surface area contributed by atoms with E-state index in [0.29, 0.717) is 16.5 Å². The Balaban J connectivity index is 1.60. The van der Waals surface area contributed by atoms with E-state index >= 15 is 0 Å². The lowest BCUT2D eigenvalue weighted by Gasteiger charge is -2.19. The van der Waals surface area contributed by atoms with Crippen molar-refractivity contribution in [1.29, 1.82) is 0 Å². The van der Waals surface area contributed by atoms with Crippen molar-refractivity contribution in [1.82, 2.24) is 0 Å². The number of aliphatic hydroxyl groups is 1. The molecule has 0 amide bonds. The number of aliphatic hydroxyl groups excluding tert-OH is 1. The summed E-state index contributed by atoms with van der Waals surface area (Å²) in [6.07, 6.45) is 9.96. The summed E-state index contributed by atoms with van der Waals surface area (Å²) >= 11 is 7.53. The summed E-state index contributed by atoms with van der Waals surface area (Å²) in [5.74, 6) is 0.570. The van der Waals surface area contributed by atoms with Crippen LogP contribution in [0.3, 0.4) is 0 Å². The molecule has 1 aliphatic rings. The summed E-state index contributed by atoms with van der Waals surface area (Å²) in [4.78, 5) is 22.7. The number of ether oxygens (including phenoxy) is 1. The fourth-order valence-corrected chi connectivity index (χ4v) is 4.87. The number of ketones is 1. The predicted molar refractivity (Wildman–Crippen MR) is 121 cm³/mol. The van der Waals surface area contributed by atoms with Crippen molar-refractivity contribution in [3.63, 3.8) is 0 Å². The Morgan fingerprint density at radius 1 is 1.17 bits per heavy atom.